The Labute approximate surface area is 220 Å². The van der Waals surface area contributed by atoms with Gasteiger partial charge in [0, 0.05) is 25.7 Å². The van der Waals surface area contributed by atoms with Gasteiger partial charge in [-0.15, -0.1) is 0 Å². The van der Waals surface area contributed by atoms with Crippen LogP contribution in [0.5, 0.6) is 11.5 Å². The van der Waals surface area contributed by atoms with Crippen molar-refractivity contribution in [1.82, 2.24) is 15.1 Å². The maximum Gasteiger partial charge on any atom is 0.254 e. The van der Waals surface area contributed by atoms with E-state index < -0.39 is 11.9 Å². The predicted octanol–water partition coefficient (Wildman–Crippen LogP) is 0.977. The van der Waals surface area contributed by atoms with Gasteiger partial charge in [-0.3, -0.25) is 19.2 Å². The van der Waals surface area contributed by atoms with Crippen LogP contribution in [-0.2, 0) is 30.5 Å². The highest BCUT2D eigenvalue weighted by Crippen LogP contribution is 2.28. The van der Waals surface area contributed by atoms with Gasteiger partial charge < -0.3 is 35.1 Å². The molecule has 38 heavy (non-hydrogen) atoms. The largest absolute Gasteiger partial charge is 0.457 e. The van der Waals surface area contributed by atoms with E-state index in [0.29, 0.717) is 30.0 Å². The summed E-state index contributed by atoms with van der Waals surface area (Å²) in [4.78, 5) is 52.4. The molecule has 202 valence electrons. The first-order valence-electron chi connectivity index (χ1n) is 12.4. The van der Waals surface area contributed by atoms with E-state index in [2.05, 4.69) is 5.32 Å². The van der Waals surface area contributed by atoms with Crippen molar-refractivity contribution >= 4 is 23.6 Å². The number of ether oxygens (including phenoxy) is 3. The zero-order valence-electron chi connectivity index (χ0n) is 21.5. The Balaban J connectivity index is 1.56. The zero-order chi connectivity index (χ0) is 27.2. The van der Waals surface area contributed by atoms with Crippen LogP contribution in [0.25, 0.3) is 0 Å². The van der Waals surface area contributed by atoms with Gasteiger partial charge in [0.2, 0.25) is 17.7 Å². The van der Waals surface area contributed by atoms with Crippen LogP contribution >= 0.6 is 0 Å². The smallest absolute Gasteiger partial charge is 0.254 e. The van der Waals surface area contributed by atoms with Gasteiger partial charge in [0.25, 0.3) is 5.91 Å². The van der Waals surface area contributed by atoms with Crippen molar-refractivity contribution in [3.05, 3.63) is 59.2 Å². The lowest BCUT2D eigenvalue weighted by Crippen LogP contribution is -2.58. The molecule has 4 rings (SSSR count). The number of amides is 4. The summed E-state index contributed by atoms with van der Waals surface area (Å²) in [6.07, 6.45) is 0.101. The molecule has 4 amide bonds. The van der Waals surface area contributed by atoms with E-state index in [9.17, 15) is 19.2 Å². The Hall–Kier alpha value is -3.96. The van der Waals surface area contributed by atoms with Crippen molar-refractivity contribution in [2.75, 3.05) is 39.9 Å². The molecule has 2 aliphatic rings. The fourth-order valence-corrected chi connectivity index (χ4v) is 4.46. The highest BCUT2D eigenvalue weighted by atomic mass is 16.5. The standard InChI is InChI=1S/C27H32N4O7/c1-17-6-7-19-11-23(17)38-20-5-3-4-18(10-20)14-37-22-8-9-31(26(34)16-36-15-24(28)32)12-21(22)29-25(33)13-30(2)27(19)35/h3-7,10-11,21-22H,8-9,12-16H2,1-2H3,(H2,28,32)(H,29,33)/t21-,22+/m0/s1. The minimum absolute atomic E-state index is 0.180. The molecule has 11 heteroatoms. The van der Waals surface area contributed by atoms with Crippen molar-refractivity contribution in [3.63, 3.8) is 0 Å². The number of piperidine rings is 1. The number of nitrogens with one attached hydrogen (secondary N) is 1. The van der Waals surface area contributed by atoms with E-state index in [1.165, 1.54) is 4.90 Å². The number of carbonyl (C=O) groups is 4. The number of fused-ring (bicyclic) bond motifs is 5. The molecular formula is C27H32N4O7. The summed E-state index contributed by atoms with van der Waals surface area (Å²) in [5, 5.41) is 2.94. The fraction of sp³-hybridized carbons (Fsp3) is 0.407. The number of aryl methyl sites for hydroxylation is 1. The number of benzene rings is 2. The Morgan fingerprint density at radius 1 is 1.16 bits per heavy atom. The number of hydrogen-bond donors (Lipinski definition) is 2. The average molecular weight is 525 g/mol. The molecule has 0 spiro atoms. The maximum absolute atomic E-state index is 13.1. The molecule has 0 unspecified atom stereocenters. The Morgan fingerprint density at radius 3 is 2.76 bits per heavy atom. The molecule has 2 aliphatic heterocycles. The van der Waals surface area contributed by atoms with Crippen LogP contribution in [0.4, 0.5) is 0 Å². The molecule has 0 aliphatic carbocycles. The van der Waals surface area contributed by atoms with Crippen LogP contribution in [-0.4, -0.2) is 85.5 Å². The van der Waals surface area contributed by atoms with E-state index in [1.807, 2.05) is 31.2 Å². The van der Waals surface area contributed by atoms with Crippen molar-refractivity contribution < 1.29 is 33.4 Å². The molecule has 2 heterocycles. The Bertz CT molecular complexity index is 1220. The van der Waals surface area contributed by atoms with E-state index in [1.54, 1.807) is 30.1 Å². The lowest BCUT2D eigenvalue weighted by Gasteiger charge is -2.39. The third-order valence-electron chi connectivity index (χ3n) is 6.47. The summed E-state index contributed by atoms with van der Waals surface area (Å²) in [5.74, 6) is -0.526. The highest BCUT2D eigenvalue weighted by molar-refractivity contribution is 5.96. The minimum atomic E-state index is -0.662. The van der Waals surface area contributed by atoms with E-state index in [-0.39, 0.29) is 56.7 Å². The first-order valence-corrected chi connectivity index (χ1v) is 12.4. The molecule has 3 N–H and O–H groups in total. The molecule has 2 aromatic carbocycles. The third-order valence-corrected chi connectivity index (χ3v) is 6.47. The van der Waals surface area contributed by atoms with Crippen LogP contribution in [0.15, 0.2) is 42.5 Å². The van der Waals surface area contributed by atoms with Gasteiger partial charge in [0.1, 0.15) is 24.7 Å². The van der Waals surface area contributed by atoms with Crippen molar-refractivity contribution in [1.29, 1.82) is 0 Å². The van der Waals surface area contributed by atoms with Crippen LogP contribution in [0.1, 0.15) is 27.9 Å². The topological polar surface area (TPSA) is 140 Å². The van der Waals surface area contributed by atoms with Gasteiger partial charge in [-0.25, -0.2) is 0 Å². The number of primary amides is 1. The summed E-state index contributed by atoms with van der Waals surface area (Å²) >= 11 is 0. The normalized spacial score (nSPS) is 20.3. The van der Waals surface area contributed by atoms with E-state index >= 15 is 0 Å². The summed E-state index contributed by atoms with van der Waals surface area (Å²) in [7, 11) is 1.55. The number of likely N-dealkylation sites (tertiary alicyclic amines) is 1. The Kier molecular flexibility index (Phi) is 8.59. The van der Waals surface area contributed by atoms with Gasteiger partial charge in [0.15, 0.2) is 0 Å². The van der Waals surface area contributed by atoms with Crippen LogP contribution in [0.3, 0.4) is 0 Å². The number of nitrogens with two attached hydrogens (primary N) is 1. The average Bonchev–Trinajstić information content (AvgIpc) is 2.88. The molecule has 11 nitrogen and oxygen atoms in total. The molecule has 4 bridgehead atoms. The van der Waals surface area contributed by atoms with Gasteiger partial charge in [0.05, 0.1) is 25.3 Å². The number of carbonyl (C=O) groups excluding carboxylic acids is 4. The van der Waals surface area contributed by atoms with E-state index in [0.717, 1.165) is 11.1 Å². The number of likely N-dealkylation sites (N-methyl/N-ethyl adjacent to an activating group) is 1. The van der Waals surface area contributed by atoms with Crippen LogP contribution < -0.4 is 15.8 Å². The maximum atomic E-state index is 13.1. The first kappa shape index (κ1) is 27.1. The molecular weight excluding hydrogens is 492 g/mol. The number of hydrogen-bond acceptors (Lipinski definition) is 7. The first-order chi connectivity index (χ1) is 18.2. The second kappa shape index (κ2) is 12.1. The summed E-state index contributed by atoms with van der Waals surface area (Å²) < 4.78 is 17.4. The van der Waals surface area contributed by atoms with Gasteiger partial charge in [-0.2, -0.15) is 0 Å². The highest BCUT2D eigenvalue weighted by Gasteiger charge is 2.34. The molecule has 0 radical (unpaired) electrons. The summed E-state index contributed by atoms with van der Waals surface area (Å²) in [6.45, 7) is 1.94. The fourth-order valence-electron chi connectivity index (χ4n) is 4.46. The van der Waals surface area contributed by atoms with Gasteiger partial charge in [-0.05, 0) is 48.7 Å². The predicted molar refractivity (Wildman–Crippen MR) is 136 cm³/mol. The van der Waals surface area contributed by atoms with Crippen LogP contribution in [0.2, 0.25) is 0 Å². The van der Waals surface area contributed by atoms with E-state index in [4.69, 9.17) is 19.9 Å². The molecule has 2 atom stereocenters. The molecule has 2 aromatic rings. The van der Waals surface area contributed by atoms with Crippen molar-refractivity contribution in [3.8, 4) is 11.5 Å². The second-order valence-corrected chi connectivity index (χ2v) is 9.50. The minimum Gasteiger partial charge on any atom is -0.457 e. The van der Waals surface area contributed by atoms with Crippen molar-refractivity contribution in [2.24, 2.45) is 5.73 Å². The van der Waals surface area contributed by atoms with Crippen LogP contribution in [0, 0.1) is 6.92 Å². The summed E-state index contributed by atoms with van der Waals surface area (Å²) in [6, 6.07) is 12.1. The molecule has 0 aromatic heterocycles. The van der Waals surface area contributed by atoms with Gasteiger partial charge in [-0.1, -0.05) is 18.2 Å². The lowest BCUT2D eigenvalue weighted by molar-refractivity contribution is -0.142. The zero-order valence-corrected chi connectivity index (χ0v) is 21.5. The molecule has 1 fully saturated rings. The number of rotatable bonds is 4. The van der Waals surface area contributed by atoms with Crippen molar-refractivity contribution in [2.45, 2.75) is 32.1 Å². The molecule has 1 saturated heterocycles. The monoisotopic (exact) mass is 524 g/mol. The SMILES string of the molecule is Cc1ccc2cc1Oc1cccc(c1)CO[C@@H]1CCN(C(=O)COCC(N)=O)C[C@@H]1NC(=O)CN(C)C2=O. The number of nitrogens with zero attached hydrogens (tertiary/aromatic N) is 2. The van der Waals surface area contributed by atoms with Gasteiger partial charge >= 0.3 is 0 Å². The Morgan fingerprint density at radius 2 is 1.97 bits per heavy atom. The quantitative estimate of drug-likeness (QED) is 0.607. The third kappa shape index (κ3) is 6.87. The molecule has 0 saturated carbocycles. The lowest BCUT2D eigenvalue weighted by atomic mass is 10.0. The summed E-state index contributed by atoms with van der Waals surface area (Å²) in [5.41, 5.74) is 7.21. The second-order valence-electron chi connectivity index (χ2n) is 9.50.